The Bertz CT molecular complexity index is 518. The van der Waals surface area contributed by atoms with Crippen LogP contribution in [0.2, 0.25) is 0 Å². The number of nitrogens with zero attached hydrogens (tertiary/aromatic N) is 2. The van der Waals surface area contributed by atoms with Crippen LogP contribution in [0.1, 0.15) is 31.7 Å². The van der Waals surface area contributed by atoms with E-state index in [-0.39, 0.29) is 0 Å². The summed E-state index contributed by atoms with van der Waals surface area (Å²) in [7, 11) is 3.28. The van der Waals surface area contributed by atoms with E-state index in [4.69, 9.17) is 9.47 Å². The molecule has 0 aromatic heterocycles. The predicted octanol–water partition coefficient (Wildman–Crippen LogP) is 3.01. The number of hydrogen-bond acceptors (Lipinski definition) is 4. The zero-order valence-corrected chi connectivity index (χ0v) is 13.2. The summed E-state index contributed by atoms with van der Waals surface area (Å²) >= 11 is 0. The summed E-state index contributed by atoms with van der Waals surface area (Å²) in [5, 5.41) is 9.73. The predicted molar refractivity (Wildman–Crippen MR) is 82.7 cm³/mol. The lowest BCUT2D eigenvalue weighted by Crippen LogP contribution is -2.49. The first kappa shape index (κ1) is 15.7. The summed E-state index contributed by atoms with van der Waals surface area (Å²) in [5.74, 6) is 1.45. The van der Waals surface area contributed by atoms with Gasteiger partial charge >= 0.3 is 0 Å². The van der Waals surface area contributed by atoms with Crippen LogP contribution in [0, 0.1) is 11.3 Å². The van der Waals surface area contributed by atoms with Gasteiger partial charge in [0, 0.05) is 12.0 Å². The van der Waals surface area contributed by atoms with E-state index in [9.17, 15) is 5.26 Å². The van der Waals surface area contributed by atoms with E-state index >= 15 is 0 Å². The summed E-state index contributed by atoms with van der Waals surface area (Å²) < 4.78 is 10.8. The van der Waals surface area contributed by atoms with Crippen LogP contribution >= 0.6 is 0 Å². The van der Waals surface area contributed by atoms with Crippen LogP contribution in [0.25, 0.3) is 0 Å². The molecule has 4 nitrogen and oxygen atoms in total. The number of likely N-dealkylation sites (tertiary alicyclic amines) is 1. The van der Waals surface area contributed by atoms with Crippen molar-refractivity contribution in [1.29, 1.82) is 5.26 Å². The second-order valence-corrected chi connectivity index (χ2v) is 5.76. The second kappa shape index (κ2) is 6.82. The van der Waals surface area contributed by atoms with Crippen molar-refractivity contribution in [3.63, 3.8) is 0 Å². The molecule has 0 spiro atoms. The Morgan fingerprint density at radius 2 is 1.90 bits per heavy atom. The van der Waals surface area contributed by atoms with Crippen LogP contribution in [0.3, 0.4) is 0 Å². The van der Waals surface area contributed by atoms with Crippen molar-refractivity contribution in [2.24, 2.45) is 0 Å². The average Bonchev–Trinajstić information content (AvgIpc) is 2.55. The van der Waals surface area contributed by atoms with Crippen molar-refractivity contribution in [2.45, 2.75) is 38.1 Å². The van der Waals surface area contributed by atoms with E-state index < -0.39 is 5.54 Å². The molecule has 1 unspecified atom stereocenters. The van der Waals surface area contributed by atoms with E-state index in [0.717, 1.165) is 24.4 Å². The van der Waals surface area contributed by atoms with Gasteiger partial charge in [0.1, 0.15) is 5.54 Å². The largest absolute Gasteiger partial charge is 0.493 e. The summed E-state index contributed by atoms with van der Waals surface area (Å²) in [6.45, 7) is 4.02. The van der Waals surface area contributed by atoms with Gasteiger partial charge in [-0.1, -0.05) is 18.6 Å². The smallest absolute Gasteiger partial charge is 0.163 e. The molecule has 1 aliphatic heterocycles. The molecule has 0 radical (unpaired) electrons. The molecule has 1 atom stereocenters. The number of nitriles is 1. The van der Waals surface area contributed by atoms with Gasteiger partial charge in [0.25, 0.3) is 0 Å². The minimum atomic E-state index is -0.500. The van der Waals surface area contributed by atoms with E-state index in [1.165, 1.54) is 19.3 Å². The Hall–Kier alpha value is -1.73. The molecule has 1 aromatic carbocycles. The fraction of sp³-hybridized carbons (Fsp3) is 0.588. The minimum absolute atomic E-state index is 0.500. The lowest BCUT2D eigenvalue weighted by atomic mass is 9.90. The fourth-order valence-corrected chi connectivity index (χ4v) is 3.07. The van der Waals surface area contributed by atoms with Crippen molar-refractivity contribution in [3.05, 3.63) is 23.8 Å². The van der Waals surface area contributed by atoms with Crippen LogP contribution in [-0.4, -0.2) is 37.7 Å². The Morgan fingerprint density at radius 1 is 1.19 bits per heavy atom. The molecule has 1 saturated heterocycles. The first-order valence-electron chi connectivity index (χ1n) is 7.51. The molecular weight excluding hydrogens is 264 g/mol. The van der Waals surface area contributed by atoms with Gasteiger partial charge in [0.2, 0.25) is 0 Å². The molecule has 1 aliphatic rings. The van der Waals surface area contributed by atoms with Gasteiger partial charge in [0.15, 0.2) is 11.5 Å². The highest BCUT2D eigenvalue weighted by Crippen LogP contribution is 2.34. The van der Waals surface area contributed by atoms with Gasteiger partial charge in [-0.05, 0) is 38.9 Å². The van der Waals surface area contributed by atoms with Gasteiger partial charge in [-0.25, -0.2) is 0 Å². The molecular formula is C17H24N2O2. The lowest BCUT2D eigenvalue weighted by Gasteiger charge is -2.38. The number of ether oxygens (including phenoxy) is 2. The molecule has 0 aliphatic carbocycles. The first-order chi connectivity index (χ1) is 10.1. The van der Waals surface area contributed by atoms with E-state index in [0.29, 0.717) is 12.2 Å². The third kappa shape index (κ3) is 3.30. The van der Waals surface area contributed by atoms with Crippen LogP contribution in [-0.2, 0) is 6.42 Å². The highest BCUT2D eigenvalue weighted by molar-refractivity contribution is 5.47. The zero-order chi connectivity index (χ0) is 15.3. The minimum Gasteiger partial charge on any atom is -0.493 e. The van der Waals surface area contributed by atoms with Crippen molar-refractivity contribution in [2.75, 3.05) is 27.3 Å². The molecule has 0 N–H and O–H groups in total. The maximum Gasteiger partial charge on any atom is 0.163 e. The van der Waals surface area contributed by atoms with E-state index in [2.05, 4.69) is 11.0 Å². The van der Waals surface area contributed by atoms with Crippen LogP contribution in [0.15, 0.2) is 18.2 Å². The van der Waals surface area contributed by atoms with Crippen molar-refractivity contribution >= 4 is 0 Å². The number of piperidine rings is 1. The molecule has 0 amide bonds. The molecule has 0 saturated carbocycles. The zero-order valence-electron chi connectivity index (χ0n) is 13.2. The number of methoxy groups -OCH3 is 2. The van der Waals surface area contributed by atoms with Crippen molar-refractivity contribution in [1.82, 2.24) is 4.90 Å². The summed E-state index contributed by atoms with van der Waals surface area (Å²) in [6, 6.07) is 8.36. The highest BCUT2D eigenvalue weighted by Gasteiger charge is 2.34. The molecule has 21 heavy (non-hydrogen) atoms. The third-order valence-corrected chi connectivity index (χ3v) is 4.31. The van der Waals surface area contributed by atoms with Gasteiger partial charge in [-0.15, -0.1) is 0 Å². The molecule has 4 heteroatoms. The highest BCUT2D eigenvalue weighted by atomic mass is 16.5. The average molecular weight is 288 g/mol. The molecule has 1 heterocycles. The summed E-state index contributed by atoms with van der Waals surface area (Å²) in [5.41, 5.74) is 0.520. The Kier molecular flexibility index (Phi) is 5.08. The summed E-state index contributed by atoms with van der Waals surface area (Å²) in [4.78, 5) is 2.30. The number of benzene rings is 1. The standard InChI is InChI=1S/C17H24N2O2/c1-17(13-18,19-10-5-4-6-11-19)12-14-8-7-9-15(20-2)16(14)21-3/h7-9H,4-6,10-12H2,1-3H3. The number of rotatable bonds is 5. The summed E-state index contributed by atoms with van der Waals surface area (Å²) in [6.07, 6.45) is 4.25. The van der Waals surface area contributed by atoms with E-state index in [1.54, 1.807) is 14.2 Å². The van der Waals surface area contributed by atoms with Gasteiger partial charge in [-0.3, -0.25) is 4.90 Å². The topological polar surface area (TPSA) is 45.5 Å². The Balaban J connectivity index is 2.28. The number of para-hydroxylation sites is 1. The van der Waals surface area contributed by atoms with Crippen LogP contribution < -0.4 is 9.47 Å². The van der Waals surface area contributed by atoms with Gasteiger partial charge in [0.05, 0.1) is 20.3 Å². The van der Waals surface area contributed by atoms with Crippen molar-refractivity contribution in [3.8, 4) is 17.6 Å². The quantitative estimate of drug-likeness (QED) is 0.835. The number of hydrogen-bond donors (Lipinski definition) is 0. The molecule has 1 aromatic rings. The second-order valence-electron chi connectivity index (χ2n) is 5.76. The van der Waals surface area contributed by atoms with Crippen molar-refractivity contribution < 1.29 is 9.47 Å². The normalized spacial score (nSPS) is 18.6. The molecule has 2 rings (SSSR count). The maximum absolute atomic E-state index is 9.73. The van der Waals surface area contributed by atoms with Crippen LogP contribution in [0.5, 0.6) is 11.5 Å². The SMILES string of the molecule is COc1cccc(CC(C)(C#N)N2CCCCC2)c1OC. The third-order valence-electron chi connectivity index (χ3n) is 4.31. The Labute approximate surface area is 127 Å². The van der Waals surface area contributed by atoms with Crippen LogP contribution in [0.4, 0.5) is 0 Å². The lowest BCUT2D eigenvalue weighted by molar-refractivity contribution is 0.123. The first-order valence-corrected chi connectivity index (χ1v) is 7.51. The van der Waals surface area contributed by atoms with Gasteiger partial charge in [-0.2, -0.15) is 5.26 Å². The van der Waals surface area contributed by atoms with Gasteiger partial charge < -0.3 is 9.47 Å². The maximum atomic E-state index is 9.73. The molecule has 114 valence electrons. The molecule has 1 fully saturated rings. The van der Waals surface area contributed by atoms with E-state index in [1.807, 2.05) is 25.1 Å². The fourth-order valence-electron chi connectivity index (χ4n) is 3.07. The Morgan fingerprint density at radius 3 is 2.48 bits per heavy atom. The monoisotopic (exact) mass is 288 g/mol. The molecule has 0 bridgehead atoms.